The molecule has 7 nitrogen and oxygen atoms in total. The van der Waals surface area contributed by atoms with Gasteiger partial charge in [0, 0.05) is 31.2 Å². The molecule has 3 heterocycles. The number of nitrogens with zero attached hydrogens (tertiary/aromatic N) is 5. The van der Waals surface area contributed by atoms with Crippen LogP contribution in [0, 0.1) is 6.92 Å². The molecule has 0 atom stereocenters. The predicted octanol–water partition coefficient (Wildman–Crippen LogP) is 4.60. The Labute approximate surface area is 206 Å². The zero-order chi connectivity index (χ0) is 22.1. The van der Waals surface area contributed by atoms with Gasteiger partial charge in [-0.05, 0) is 36.8 Å². The monoisotopic (exact) mass is 503 g/mol. The number of thiazole rings is 1. The minimum absolute atomic E-state index is 0. The van der Waals surface area contributed by atoms with Crippen LogP contribution < -0.4 is 4.90 Å². The number of fused-ring (bicyclic) bond motifs is 2. The molecule has 0 N–H and O–H groups in total. The van der Waals surface area contributed by atoms with Gasteiger partial charge >= 0.3 is 0 Å². The van der Waals surface area contributed by atoms with Crippen molar-refractivity contribution < 1.29 is 9.53 Å². The summed E-state index contributed by atoms with van der Waals surface area (Å²) in [6, 6.07) is 11.3. The quantitative estimate of drug-likeness (QED) is 0.396. The van der Waals surface area contributed by atoms with Crippen LogP contribution in [0.15, 0.2) is 42.6 Å². The van der Waals surface area contributed by atoms with E-state index in [1.165, 1.54) is 11.3 Å². The first-order chi connectivity index (χ1) is 15.6. The van der Waals surface area contributed by atoms with E-state index in [0.29, 0.717) is 41.1 Å². The molecule has 0 unspecified atom stereocenters. The van der Waals surface area contributed by atoms with Gasteiger partial charge in [-0.25, -0.2) is 9.97 Å². The lowest BCUT2D eigenvalue weighted by Gasteiger charge is -2.29. The number of rotatable bonds is 5. The van der Waals surface area contributed by atoms with E-state index >= 15 is 0 Å². The Morgan fingerprint density at radius 1 is 1.18 bits per heavy atom. The third-order valence-corrected chi connectivity index (χ3v) is 6.77. The second-order valence-electron chi connectivity index (χ2n) is 7.72. The zero-order valence-corrected chi connectivity index (χ0v) is 20.4. The van der Waals surface area contributed by atoms with Gasteiger partial charge in [0.2, 0.25) is 0 Å². The van der Waals surface area contributed by atoms with E-state index in [9.17, 15) is 4.79 Å². The average Bonchev–Trinajstić information content (AvgIpc) is 3.23. The molecule has 0 saturated carbocycles. The van der Waals surface area contributed by atoms with E-state index in [4.69, 9.17) is 21.3 Å². The first-order valence-electron chi connectivity index (χ1n) is 10.5. The molecule has 2 aromatic heterocycles. The van der Waals surface area contributed by atoms with Crippen molar-refractivity contribution in [3.8, 4) is 0 Å². The van der Waals surface area contributed by atoms with Gasteiger partial charge in [-0.1, -0.05) is 35.1 Å². The highest BCUT2D eigenvalue weighted by molar-refractivity contribution is 7.22. The third kappa shape index (κ3) is 5.10. The van der Waals surface area contributed by atoms with Gasteiger partial charge in [0.05, 0.1) is 40.7 Å². The number of carbonyl (C=O) groups excluding carboxylic acids is 1. The van der Waals surface area contributed by atoms with Crippen LogP contribution in [-0.4, -0.2) is 65.2 Å². The second-order valence-corrected chi connectivity index (χ2v) is 9.17. The van der Waals surface area contributed by atoms with E-state index in [2.05, 4.69) is 14.9 Å². The summed E-state index contributed by atoms with van der Waals surface area (Å²) in [4.78, 5) is 31.4. The molecular formula is C23H23Cl2N5O2S. The Morgan fingerprint density at radius 2 is 1.94 bits per heavy atom. The predicted molar refractivity (Wildman–Crippen MR) is 135 cm³/mol. The molecule has 1 aliphatic heterocycles. The van der Waals surface area contributed by atoms with Crippen LogP contribution >= 0.6 is 35.3 Å². The lowest BCUT2D eigenvalue weighted by atomic mass is 10.2. The molecule has 1 amide bonds. The van der Waals surface area contributed by atoms with E-state index in [-0.39, 0.29) is 18.3 Å². The van der Waals surface area contributed by atoms with Gasteiger partial charge in [-0.3, -0.25) is 19.6 Å². The van der Waals surface area contributed by atoms with Crippen LogP contribution in [0.2, 0.25) is 5.02 Å². The fraction of sp³-hybridized carbons (Fsp3) is 0.304. The molecule has 0 spiro atoms. The third-order valence-electron chi connectivity index (χ3n) is 5.53. The van der Waals surface area contributed by atoms with Crippen LogP contribution in [-0.2, 0) is 4.74 Å². The van der Waals surface area contributed by atoms with Crippen LogP contribution in [0.25, 0.3) is 21.3 Å². The first-order valence-corrected chi connectivity index (χ1v) is 11.7. The molecule has 1 aliphatic rings. The number of anilines is 1. The molecule has 33 heavy (non-hydrogen) atoms. The summed E-state index contributed by atoms with van der Waals surface area (Å²) < 4.78 is 6.41. The molecule has 0 radical (unpaired) electrons. The molecule has 2 aromatic carbocycles. The molecule has 4 aromatic rings. The normalized spacial score (nSPS) is 14.4. The standard InChI is InChI=1S/C23H22ClN5O2S.ClH/c1-15-12-16(24)13-20-21(15)27-23(32-20)29(7-6-28-8-10-31-11-9-28)22(30)19-14-25-17-4-2-3-5-18(17)26-19;/h2-5,12-14H,6-11H2,1H3;1H. The average molecular weight is 504 g/mol. The summed E-state index contributed by atoms with van der Waals surface area (Å²) in [6.07, 6.45) is 1.54. The van der Waals surface area contributed by atoms with Gasteiger partial charge in [-0.2, -0.15) is 0 Å². The zero-order valence-electron chi connectivity index (χ0n) is 18.0. The van der Waals surface area contributed by atoms with Crippen molar-refractivity contribution in [3.05, 3.63) is 58.9 Å². The number of benzene rings is 2. The van der Waals surface area contributed by atoms with Crippen LogP contribution in [0.4, 0.5) is 5.13 Å². The maximum absolute atomic E-state index is 13.6. The smallest absolute Gasteiger partial charge is 0.280 e. The fourth-order valence-electron chi connectivity index (χ4n) is 3.81. The summed E-state index contributed by atoms with van der Waals surface area (Å²) in [5.41, 5.74) is 3.61. The molecule has 5 rings (SSSR count). The largest absolute Gasteiger partial charge is 0.379 e. The van der Waals surface area contributed by atoms with Crippen LogP contribution in [0.1, 0.15) is 16.1 Å². The van der Waals surface area contributed by atoms with Gasteiger partial charge in [-0.15, -0.1) is 12.4 Å². The Morgan fingerprint density at radius 3 is 2.73 bits per heavy atom. The van der Waals surface area contributed by atoms with Crippen molar-refractivity contribution in [2.75, 3.05) is 44.3 Å². The maximum Gasteiger partial charge on any atom is 0.280 e. The number of aryl methyl sites for hydroxylation is 1. The van der Waals surface area contributed by atoms with Crippen molar-refractivity contribution in [1.29, 1.82) is 0 Å². The lowest BCUT2D eigenvalue weighted by Crippen LogP contribution is -2.43. The first kappa shape index (κ1) is 23.8. The Hall–Kier alpha value is -2.36. The SMILES string of the molecule is Cc1cc(Cl)cc2sc(N(CCN3CCOCC3)C(=O)c3cnc4ccccc4n3)nc12.Cl. The topological polar surface area (TPSA) is 71.5 Å². The number of para-hydroxylation sites is 2. The molecule has 0 aliphatic carbocycles. The van der Waals surface area contributed by atoms with E-state index in [1.807, 2.05) is 43.3 Å². The summed E-state index contributed by atoms with van der Waals surface area (Å²) in [7, 11) is 0. The number of ether oxygens (including phenoxy) is 1. The minimum atomic E-state index is -0.209. The Bertz CT molecular complexity index is 1290. The van der Waals surface area contributed by atoms with Crippen molar-refractivity contribution in [3.63, 3.8) is 0 Å². The van der Waals surface area contributed by atoms with E-state index in [0.717, 1.165) is 40.9 Å². The lowest BCUT2D eigenvalue weighted by molar-refractivity contribution is 0.0391. The summed E-state index contributed by atoms with van der Waals surface area (Å²) in [5, 5.41) is 1.30. The molecule has 1 fully saturated rings. The summed E-state index contributed by atoms with van der Waals surface area (Å²) in [6.45, 7) is 6.34. The summed E-state index contributed by atoms with van der Waals surface area (Å²) >= 11 is 7.72. The number of hydrogen-bond donors (Lipinski definition) is 0. The minimum Gasteiger partial charge on any atom is -0.379 e. The maximum atomic E-state index is 13.6. The van der Waals surface area contributed by atoms with Crippen molar-refractivity contribution in [2.45, 2.75) is 6.92 Å². The van der Waals surface area contributed by atoms with Crippen LogP contribution in [0.5, 0.6) is 0 Å². The number of aromatic nitrogens is 3. The van der Waals surface area contributed by atoms with E-state index in [1.54, 1.807) is 11.1 Å². The van der Waals surface area contributed by atoms with Gasteiger partial charge in [0.1, 0.15) is 5.69 Å². The number of amides is 1. The van der Waals surface area contributed by atoms with Gasteiger partial charge < -0.3 is 4.74 Å². The van der Waals surface area contributed by atoms with Gasteiger partial charge in [0.25, 0.3) is 5.91 Å². The molecular weight excluding hydrogens is 481 g/mol. The fourth-order valence-corrected chi connectivity index (χ4v) is 5.25. The highest BCUT2D eigenvalue weighted by Crippen LogP contribution is 2.33. The Balaban J connectivity index is 0.00000259. The highest BCUT2D eigenvalue weighted by Gasteiger charge is 2.25. The Kier molecular flexibility index (Phi) is 7.41. The molecule has 1 saturated heterocycles. The van der Waals surface area contributed by atoms with Gasteiger partial charge in [0.15, 0.2) is 5.13 Å². The highest BCUT2D eigenvalue weighted by atomic mass is 35.5. The summed E-state index contributed by atoms with van der Waals surface area (Å²) in [5.74, 6) is -0.209. The number of hydrogen-bond acceptors (Lipinski definition) is 7. The molecule has 0 bridgehead atoms. The van der Waals surface area contributed by atoms with Crippen LogP contribution in [0.3, 0.4) is 0 Å². The second kappa shape index (κ2) is 10.3. The number of morpholine rings is 1. The molecule has 10 heteroatoms. The van der Waals surface area contributed by atoms with E-state index < -0.39 is 0 Å². The van der Waals surface area contributed by atoms with Crippen molar-refractivity contribution >= 4 is 67.6 Å². The molecule has 172 valence electrons. The van der Waals surface area contributed by atoms with Crippen molar-refractivity contribution in [1.82, 2.24) is 19.9 Å². The number of carbonyl (C=O) groups is 1. The van der Waals surface area contributed by atoms with Crippen molar-refractivity contribution in [2.24, 2.45) is 0 Å². The number of halogens is 2.